The van der Waals surface area contributed by atoms with Crippen molar-refractivity contribution >= 4 is 14.0 Å². The molecule has 1 unspecified atom stereocenters. The van der Waals surface area contributed by atoms with Gasteiger partial charge >= 0.3 is 11.6 Å². The van der Waals surface area contributed by atoms with Crippen LogP contribution in [0.25, 0.3) is 5.88 Å². The summed E-state index contributed by atoms with van der Waals surface area (Å²) in [6.07, 6.45) is -1.44. The molecule has 2 rings (SSSR count). The number of alkyl halides is 1. The Hall–Kier alpha value is -2.27. The van der Waals surface area contributed by atoms with Gasteiger partial charge in [0.25, 0.3) is 0 Å². The Morgan fingerprint density at radius 1 is 1.28 bits per heavy atom. The molecule has 2 heterocycles. The molecule has 1 atom stereocenters. The zero-order chi connectivity index (χ0) is 22.1. The average Bonchev–Trinajstić information content (AvgIpc) is 3.08. The molecule has 0 radical (unpaired) electrons. The van der Waals surface area contributed by atoms with E-state index >= 15 is 0 Å². The second-order valence-corrected chi connectivity index (χ2v) is 13.3. The van der Waals surface area contributed by atoms with Crippen molar-refractivity contribution in [2.24, 2.45) is 0 Å². The third-order valence-electron chi connectivity index (χ3n) is 5.14. The SMILES string of the molecule is Cc1nc(C)c(-n2nc(OCC(F)CO[Si](C)(C)C(C)(C)C)c([N+](=O)[O-])c2C)o1. The first kappa shape index (κ1) is 23.0. The first-order valence-electron chi connectivity index (χ1n) is 9.34. The van der Waals surface area contributed by atoms with E-state index in [1.165, 1.54) is 11.6 Å². The van der Waals surface area contributed by atoms with Gasteiger partial charge in [-0.25, -0.2) is 9.37 Å². The summed E-state index contributed by atoms with van der Waals surface area (Å²) < 4.78 is 32.3. The van der Waals surface area contributed by atoms with Crippen molar-refractivity contribution in [1.29, 1.82) is 0 Å². The second kappa shape index (κ2) is 8.23. The number of aryl methyl sites for hydroxylation is 2. The lowest BCUT2D eigenvalue weighted by Crippen LogP contribution is -2.42. The van der Waals surface area contributed by atoms with E-state index in [2.05, 4.69) is 30.9 Å². The van der Waals surface area contributed by atoms with Gasteiger partial charge in [-0.05, 0) is 32.0 Å². The molecule has 0 saturated carbocycles. The maximum atomic E-state index is 14.4. The highest BCUT2D eigenvalue weighted by atomic mass is 28.4. The standard InChI is InChI=1S/C18H29FN4O5Si/c1-11-17(28-13(3)20-11)22-12(2)15(23(24)25)16(21-22)26-9-14(19)10-27-29(7,8)18(4,5)6/h14H,9-10H2,1-8H3. The molecule has 9 nitrogen and oxygen atoms in total. The number of hydrogen-bond donors (Lipinski definition) is 0. The van der Waals surface area contributed by atoms with Crippen molar-refractivity contribution < 1.29 is 22.9 Å². The van der Waals surface area contributed by atoms with Gasteiger partial charge in [0, 0.05) is 6.92 Å². The summed E-state index contributed by atoms with van der Waals surface area (Å²) in [6, 6.07) is 0. The van der Waals surface area contributed by atoms with E-state index in [0.717, 1.165) is 0 Å². The molecule has 0 amide bonds. The number of nitrogens with zero attached hydrogens (tertiary/aromatic N) is 4. The molecule has 162 valence electrons. The van der Waals surface area contributed by atoms with E-state index in [1.807, 2.05) is 13.1 Å². The lowest BCUT2D eigenvalue weighted by molar-refractivity contribution is -0.386. The van der Waals surface area contributed by atoms with Gasteiger partial charge in [0.15, 0.2) is 20.4 Å². The van der Waals surface area contributed by atoms with Gasteiger partial charge in [0.05, 0.1) is 11.5 Å². The van der Waals surface area contributed by atoms with Gasteiger partial charge < -0.3 is 13.6 Å². The molecule has 0 fully saturated rings. The van der Waals surface area contributed by atoms with Gasteiger partial charge in [-0.2, -0.15) is 4.68 Å². The summed E-state index contributed by atoms with van der Waals surface area (Å²) in [6.45, 7) is 14.6. The molecule has 2 aromatic heterocycles. The molecule has 0 aromatic carbocycles. The zero-order valence-electron chi connectivity index (χ0n) is 18.2. The van der Waals surface area contributed by atoms with Crippen LogP contribution < -0.4 is 4.74 Å². The normalized spacial score (nSPS) is 13.6. The fourth-order valence-corrected chi connectivity index (χ4v) is 3.45. The van der Waals surface area contributed by atoms with Crippen LogP contribution in [0.3, 0.4) is 0 Å². The fourth-order valence-electron chi connectivity index (χ4n) is 2.42. The van der Waals surface area contributed by atoms with E-state index in [4.69, 9.17) is 13.6 Å². The van der Waals surface area contributed by atoms with Crippen LogP contribution in [0.15, 0.2) is 4.42 Å². The molecule has 29 heavy (non-hydrogen) atoms. The Kier molecular flexibility index (Phi) is 6.53. The molecule has 2 aromatic rings. The Labute approximate surface area is 170 Å². The summed E-state index contributed by atoms with van der Waals surface area (Å²) in [5.41, 5.74) is 0.397. The van der Waals surface area contributed by atoms with Crippen LogP contribution in [0.2, 0.25) is 18.1 Å². The Balaban J connectivity index is 2.15. The van der Waals surface area contributed by atoms with Crippen molar-refractivity contribution in [3.63, 3.8) is 0 Å². The zero-order valence-corrected chi connectivity index (χ0v) is 19.2. The quantitative estimate of drug-likeness (QED) is 0.348. The molecular weight excluding hydrogens is 399 g/mol. The third-order valence-corrected chi connectivity index (χ3v) is 9.64. The first-order chi connectivity index (χ1) is 13.2. The van der Waals surface area contributed by atoms with Crippen LogP contribution in [-0.2, 0) is 4.43 Å². The molecule has 0 aliphatic carbocycles. The Bertz CT molecular complexity index is 888. The van der Waals surface area contributed by atoms with E-state index < -0.39 is 26.0 Å². The predicted molar refractivity (Wildman–Crippen MR) is 108 cm³/mol. The highest BCUT2D eigenvalue weighted by Gasteiger charge is 2.38. The monoisotopic (exact) mass is 428 g/mol. The molecule has 0 aliphatic rings. The van der Waals surface area contributed by atoms with Crippen LogP contribution >= 0.6 is 0 Å². The second-order valence-electron chi connectivity index (χ2n) is 8.51. The van der Waals surface area contributed by atoms with Gasteiger partial charge in [-0.1, -0.05) is 20.8 Å². The molecule has 0 N–H and O–H groups in total. The molecular formula is C18H29FN4O5Si. The average molecular weight is 429 g/mol. The van der Waals surface area contributed by atoms with Crippen LogP contribution in [0.1, 0.15) is 38.0 Å². The van der Waals surface area contributed by atoms with Crippen LogP contribution in [-0.4, -0.2) is 47.4 Å². The van der Waals surface area contributed by atoms with E-state index in [-0.39, 0.29) is 34.8 Å². The summed E-state index contributed by atoms with van der Waals surface area (Å²) in [4.78, 5) is 15.0. The topological polar surface area (TPSA) is 105 Å². The lowest BCUT2D eigenvalue weighted by atomic mass is 10.2. The summed E-state index contributed by atoms with van der Waals surface area (Å²) in [5, 5.41) is 15.6. The molecule has 0 spiro atoms. The largest absolute Gasteiger partial charge is 0.469 e. The van der Waals surface area contributed by atoms with E-state index in [9.17, 15) is 14.5 Å². The minimum atomic E-state index is -2.10. The smallest absolute Gasteiger partial charge is 0.353 e. The number of aromatic nitrogens is 3. The highest BCUT2D eigenvalue weighted by Crippen LogP contribution is 2.37. The fraction of sp³-hybridized carbons (Fsp3) is 0.667. The minimum Gasteiger partial charge on any atom is -0.469 e. The summed E-state index contributed by atoms with van der Waals surface area (Å²) in [5.74, 6) is 0.399. The van der Waals surface area contributed by atoms with Crippen molar-refractivity contribution in [2.75, 3.05) is 13.2 Å². The van der Waals surface area contributed by atoms with Gasteiger partial charge in [-0.3, -0.25) is 10.1 Å². The highest BCUT2D eigenvalue weighted by molar-refractivity contribution is 6.74. The van der Waals surface area contributed by atoms with Crippen molar-refractivity contribution in [3.8, 4) is 11.8 Å². The number of rotatable bonds is 8. The number of ether oxygens (including phenoxy) is 1. The first-order valence-corrected chi connectivity index (χ1v) is 12.2. The van der Waals surface area contributed by atoms with Crippen molar-refractivity contribution in [3.05, 3.63) is 27.4 Å². The van der Waals surface area contributed by atoms with E-state index in [0.29, 0.717) is 11.6 Å². The molecule has 0 aliphatic heterocycles. The van der Waals surface area contributed by atoms with Gasteiger partial charge in [0.1, 0.15) is 18.0 Å². The predicted octanol–water partition coefficient (Wildman–Crippen LogP) is 4.43. The maximum Gasteiger partial charge on any atom is 0.353 e. The van der Waals surface area contributed by atoms with Crippen molar-refractivity contribution in [2.45, 2.75) is 65.8 Å². The third kappa shape index (κ3) is 5.02. The number of oxazole rings is 1. The number of hydrogen-bond acceptors (Lipinski definition) is 7. The van der Waals surface area contributed by atoms with Crippen LogP contribution in [0, 0.1) is 30.9 Å². The minimum absolute atomic E-state index is 0.0463. The van der Waals surface area contributed by atoms with Gasteiger partial charge in [-0.15, -0.1) is 5.10 Å². The number of halogens is 1. The molecule has 11 heteroatoms. The lowest BCUT2D eigenvalue weighted by Gasteiger charge is -2.36. The Morgan fingerprint density at radius 3 is 2.38 bits per heavy atom. The Morgan fingerprint density at radius 2 is 1.90 bits per heavy atom. The van der Waals surface area contributed by atoms with Crippen molar-refractivity contribution in [1.82, 2.24) is 14.8 Å². The van der Waals surface area contributed by atoms with Crippen LogP contribution in [0.4, 0.5) is 10.1 Å². The van der Waals surface area contributed by atoms with E-state index in [1.54, 1.807) is 13.8 Å². The van der Waals surface area contributed by atoms with Gasteiger partial charge in [0.2, 0.25) is 5.88 Å². The summed E-state index contributed by atoms with van der Waals surface area (Å²) >= 11 is 0. The summed E-state index contributed by atoms with van der Waals surface area (Å²) in [7, 11) is -2.10. The maximum absolute atomic E-state index is 14.4. The number of nitro groups is 1. The van der Waals surface area contributed by atoms with Crippen LogP contribution in [0.5, 0.6) is 5.88 Å². The molecule has 0 bridgehead atoms. The molecule has 0 saturated heterocycles.